The van der Waals surface area contributed by atoms with Gasteiger partial charge in [0, 0.05) is 31.3 Å². The Balaban J connectivity index is 1.99. The predicted molar refractivity (Wildman–Crippen MR) is 119 cm³/mol. The van der Waals surface area contributed by atoms with Gasteiger partial charge in [0.2, 0.25) is 5.78 Å². The zero-order chi connectivity index (χ0) is 24.6. The van der Waals surface area contributed by atoms with Gasteiger partial charge in [-0.25, -0.2) is 0 Å². The number of benzene rings is 1. The highest BCUT2D eigenvalue weighted by molar-refractivity contribution is 6.24. The number of primary amides is 1. The topological polar surface area (TPSA) is 165 Å². The standard InChI is InChI=1S/C23H27N3O7/c1-25(2)12-5-6-13(27)15-10(12)7-9-8-11-17(26(3)4)19(29)16(22(24)32)21(31)23(11,33)20(30)14(9)18(15)28/h5-6,9,11,17,27-28,31,33H,7-8H2,1-4H3,(H2,24,32)/t9-,11+,17+,23-/m1/s1. The Bertz CT molecular complexity index is 1170. The maximum atomic E-state index is 13.7. The highest BCUT2D eigenvalue weighted by Gasteiger charge is 2.64. The zero-order valence-electron chi connectivity index (χ0n) is 18.8. The Morgan fingerprint density at radius 3 is 2.30 bits per heavy atom. The summed E-state index contributed by atoms with van der Waals surface area (Å²) in [6, 6.07) is 2.01. The van der Waals surface area contributed by atoms with E-state index < -0.39 is 58.0 Å². The molecule has 0 saturated heterocycles. The fraction of sp³-hybridized carbons (Fsp3) is 0.435. The van der Waals surface area contributed by atoms with Crippen molar-refractivity contribution in [1.29, 1.82) is 0 Å². The van der Waals surface area contributed by atoms with Crippen molar-refractivity contribution in [1.82, 2.24) is 4.90 Å². The van der Waals surface area contributed by atoms with E-state index >= 15 is 0 Å². The Morgan fingerprint density at radius 2 is 1.76 bits per heavy atom. The summed E-state index contributed by atoms with van der Waals surface area (Å²) < 4.78 is 0. The Labute approximate surface area is 190 Å². The van der Waals surface area contributed by atoms with Crippen molar-refractivity contribution in [2.45, 2.75) is 24.5 Å². The van der Waals surface area contributed by atoms with Crippen LogP contribution in [0.15, 0.2) is 29.0 Å². The summed E-state index contributed by atoms with van der Waals surface area (Å²) in [7, 11) is 6.75. The fourth-order valence-electron chi connectivity index (χ4n) is 5.65. The van der Waals surface area contributed by atoms with Crippen LogP contribution in [0.5, 0.6) is 5.75 Å². The van der Waals surface area contributed by atoms with Gasteiger partial charge in [-0.05, 0) is 50.6 Å². The molecule has 0 aliphatic heterocycles. The summed E-state index contributed by atoms with van der Waals surface area (Å²) in [5.41, 5.74) is 3.15. The van der Waals surface area contributed by atoms with Gasteiger partial charge < -0.3 is 31.1 Å². The third-order valence-corrected chi connectivity index (χ3v) is 7.06. The summed E-state index contributed by atoms with van der Waals surface area (Å²) in [4.78, 5) is 42.0. The van der Waals surface area contributed by atoms with Crippen LogP contribution >= 0.6 is 0 Å². The summed E-state index contributed by atoms with van der Waals surface area (Å²) in [6.07, 6.45) is 0.324. The van der Waals surface area contributed by atoms with Gasteiger partial charge in [0.25, 0.3) is 5.91 Å². The summed E-state index contributed by atoms with van der Waals surface area (Å²) in [5, 5.41) is 43.9. The molecule has 1 fully saturated rings. The molecule has 10 heteroatoms. The molecule has 1 aromatic rings. The number of nitrogens with zero attached hydrogens (tertiary/aromatic N) is 2. The molecule has 4 rings (SSSR count). The number of phenolic OH excluding ortho intramolecular Hbond substituents is 1. The quantitative estimate of drug-likeness (QED) is 0.394. The molecule has 0 heterocycles. The van der Waals surface area contributed by atoms with Gasteiger partial charge in [-0.2, -0.15) is 0 Å². The molecular formula is C23H27N3O7. The van der Waals surface area contributed by atoms with E-state index in [-0.39, 0.29) is 29.7 Å². The third kappa shape index (κ3) is 2.90. The van der Waals surface area contributed by atoms with Crippen LogP contribution in [0.2, 0.25) is 0 Å². The highest BCUT2D eigenvalue weighted by Crippen LogP contribution is 2.53. The predicted octanol–water partition coefficient (Wildman–Crippen LogP) is 0.0300. The van der Waals surface area contributed by atoms with E-state index in [4.69, 9.17) is 5.73 Å². The number of likely N-dealkylation sites (N-methyl/N-ethyl adjacent to an activating group) is 1. The van der Waals surface area contributed by atoms with Crippen LogP contribution in [0.25, 0.3) is 5.76 Å². The normalized spacial score (nSPS) is 29.1. The van der Waals surface area contributed by atoms with Crippen molar-refractivity contribution < 1.29 is 34.8 Å². The number of hydrogen-bond donors (Lipinski definition) is 5. The monoisotopic (exact) mass is 457 g/mol. The van der Waals surface area contributed by atoms with Crippen LogP contribution in [0, 0.1) is 11.8 Å². The van der Waals surface area contributed by atoms with E-state index in [0.29, 0.717) is 5.56 Å². The van der Waals surface area contributed by atoms with Crippen LogP contribution in [-0.4, -0.2) is 82.6 Å². The lowest BCUT2D eigenvalue weighted by atomic mass is 9.57. The Morgan fingerprint density at radius 1 is 1.12 bits per heavy atom. The Hall–Kier alpha value is -3.37. The number of nitrogens with two attached hydrogens (primary N) is 1. The molecular weight excluding hydrogens is 430 g/mol. The van der Waals surface area contributed by atoms with Gasteiger partial charge >= 0.3 is 0 Å². The van der Waals surface area contributed by atoms with Gasteiger partial charge in [-0.15, -0.1) is 0 Å². The summed E-state index contributed by atoms with van der Waals surface area (Å²) in [6.45, 7) is 0. The minimum absolute atomic E-state index is 0.0638. The maximum absolute atomic E-state index is 13.7. The minimum atomic E-state index is -2.63. The van der Waals surface area contributed by atoms with Crippen LogP contribution in [0.4, 0.5) is 5.69 Å². The molecule has 0 spiro atoms. The Kier molecular flexibility index (Phi) is 5.06. The second kappa shape index (κ2) is 7.32. The van der Waals surface area contributed by atoms with Gasteiger partial charge in [0.15, 0.2) is 11.4 Å². The molecule has 0 radical (unpaired) electrons. The van der Waals surface area contributed by atoms with E-state index in [0.717, 1.165) is 5.69 Å². The van der Waals surface area contributed by atoms with Crippen molar-refractivity contribution in [3.8, 4) is 5.75 Å². The summed E-state index contributed by atoms with van der Waals surface area (Å²) in [5.74, 6) is -6.54. The lowest BCUT2D eigenvalue weighted by Crippen LogP contribution is -2.65. The summed E-state index contributed by atoms with van der Waals surface area (Å²) >= 11 is 0. The maximum Gasteiger partial charge on any atom is 0.255 e. The molecule has 3 aliphatic carbocycles. The number of carbonyl (C=O) groups is 3. The number of aromatic hydroxyl groups is 1. The van der Waals surface area contributed by atoms with E-state index in [1.807, 2.05) is 19.0 Å². The molecule has 0 bridgehead atoms. The lowest BCUT2D eigenvalue weighted by Gasteiger charge is -2.50. The van der Waals surface area contributed by atoms with Crippen molar-refractivity contribution >= 4 is 28.9 Å². The first-order chi connectivity index (χ1) is 15.3. The van der Waals surface area contributed by atoms with E-state index in [1.54, 1.807) is 20.2 Å². The largest absolute Gasteiger partial charge is 0.508 e. The number of ketones is 2. The van der Waals surface area contributed by atoms with Crippen molar-refractivity contribution in [3.05, 3.63) is 40.2 Å². The molecule has 1 aromatic carbocycles. The number of Topliss-reactive ketones (excluding diaryl/α,β-unsaturated/α-hetero) is 2. The number of aliphatic hydroxyl groups is 3. The van der Waals surface area contributed by atoms with E-state index in [2.05, 4.69) is 0 Å². The molecule has 176 valence electrons. The molecule has 0 unspecified atom stereocenters. The highest BCUT2D eigenvalue weighted by atomic mass is 16.3. The average Bonchev–Trinajstić information content (AvgIpc) is 2.70. The van der Waals surface area contributed by atoms with Crippen LogP contribution in [-0.2, 0) is 20.8 Å². The number of fused-ring (bicyclic) bond motifs is 3. The number of rotatable bonds is 3. The number of aliphatic hydroxyl groups excluding tert-OH is 2. The average molecular weight is 457 g/mol. The molecule has 3 aliphatic rings. The molecule has 10 nitrogen and oxygen atoms in total. The van der Waals surface area contributed by atoms with Gasteiger partial charge in [0.1, 0.15) is 22.8 Å². The smallest absolute Gasteiger partial charge is 0.255 e. The number of phenols is 1. The number of hydrogen-bond acceptors (Lipinski definition) is 9. The molecule has 4 atom stereocenters. The van der Waals surface area contributed by atoms with Crippen molar-refractivity contribution in [2.24, 2.45) is 17.6 Å². The van der Waals surface area contributed by atoms with E-state index in [9.17, 15) is 34.8 Å². The van der Waals surface area contributed by atoms with Crippen LogP contribution in [0.3, 0.4) is 0 Å². The minimum Gasteiger partial charge on any atom is -0.508 e. The van der Waals surface area contributed by atoms with Crippen LogP contribution < -0.4 is 10.6 Å². The fourth-order valence-corrected chi connectivity index (χ4v) is 5.65. The first kappa shape index (κ1) is 22.8. The first-order valence-corrected chi connectivity index (χ1v) is 10.5. The molecule has 33 heavy (non-hydrogen) atoms. The van der Waals surface area contributed by atoms with Gasteiger partial charge in [0.05, 0.1) is 11.6 Å². The third-order valence-electron chi connectivity index (χ3n) is 7.06. The van der Waals surface area contributed by atoms with E-state index in [1.165, 1.54) is 11.0 Å². The number of amides is 1. The second-order valence-corrected chi connectivity index (χ2v) is 9.31. The first-order valence-electron chi connectivity index (χ1n) is 10.5. The molecule has 6 N–H and O–H groups in total. The molecule has 1 amide bonds. The molecule has 0 aromatic heterocycles. The van der Waals surface area contributed by atoms with Gasteiger partial charge in [-0.1, -0.05) is 0 Å². The molecule has 1 saturated carbocycles. The second-order valence-electron chi connectivity index (χ2n) is 9.31. The zero-order valence-corrected chi connectivity index (χ0v) is 18.8. The number of anilines is 1. The van der Waals surface area contributed by atoms with Crippen molar-refractivity contribution in [3.63, 3.8) is 0 Å². The van der Waals surface area contributed by atoms with Crippen molar-refractivity contribution in [2.75, 3.05) is 33.1 Å². The van der Waals surface area contributed by atoms with Gasteiger partial charge in [-0.3, -0.25) is 19.3 Å². The van der Waals surface area contributed by atoms with Crippen LogP contribution in [0.1, 0.15) is 17.5 Å². The lowest BCUT2D eigenvalue weighted by molar-refractivity contribution is -0.153. The SMILES string of the molecule is CN(C)c1ccc(O)c2c1C[C@@H]1C[C@H]3[C@H](N(C)C)C(=O)C(C(N)=O)=C(O)[C@]3(O)C(=O)C1=C2O. The number of carbonyl (C=O) groups excluding carboxylic acids is 3.